The first-order chi connectivity index (χ1) is 17.4. The predicted molar refractivity (Wildman–Crippen MR) is 150 cm³/mol. The molecule has 4 nitrogen and oxygen atoms in total. The number of methoxy groups -OCH3 is 2. The van der Waals surface area contributed by atoms with E-state index in [1.807, 2.05) is 60.7 Å². The van der Waals surface area contributed by atoms with Crippen molar-refractivity contribution in [1.29, 1.82) is 0 Å². The van der Waals surface area contributed by atoms with Crippen LogP contribution in [0.3, 0.4) is 0 Å². The summed E-state index contributed by atoms with van der Waals surface area (Å²) in [7, 11) is 2.77. The molecule has 0 unspecified atom stereocenters. The van der Waals surface area contributed by atoms with Crippen LogP contribution in [0.2, 0.25) is 0 Å². The van der Waals surface area contributed by atoms with Gasteiger partial charge in [0.1, 0.15) is 0 Å². The van der Waals surface area contributed by atoms with Crippen LogP contribution in [-0.2, 0) is 9.47 Å². The minimum Gasteiger partial charge on any atom is -0.465 e. The Kier molecular flexibility index (Phi) is 8.39. The maximum Gasteiger partial charge on any atom is 0.338 e. The van der Waals surface area contributed by atoms with Gasteiger partial charge in [0.15, 0.2) is 0 Å². The van der Waals surface area contributed by atoms with E-state index in [9.17, 15) is 9.59 Å². The minimum atomic E-state index is -0.355. The average molecular weight is 608 g/mol. The van der Waals surface area contributed by atoms with Gasteiger partial charge in [-0.25, -0.2) is 9.59 Å². The Morgan fingerprint density at radius 1 is 0.556 bits per heavy atom. The van der Waals surface area contributed by atoms with E-state index in [1.54, 1.807) is 12.1 Å². The molecule has 4 aromatic carbocycles. The molecular formula is C30H24Br2O4. The molecule has 0 aliphatic heterocycles. The van der Waals surface area contributed by atoms with Crippen molar-refractivity contribution in [3.8, 4) is 22.3 Å². The summed E-state index contributed by atoms with van der Waals surface area (Å²) in [6.07, 6.45) is 0. The predicted octanol–water partition coefficient (Wildman–Crippen LogP) is 8.17. The molecule has 0 amide bonds. The molecule has 0 saturated heterocycles. The topological polar surface area (TPSA) is 52.6 Å². The Hall–Kier alpha value is -3.22. The summed E-state index contributed by atoms with van der Waals surface area (Å²) in [5.74, 6) is -0.711. The summed E-state index contributed by atoms with van der Waals surface area (Å²) in [5.41, 5.74) is 6.82. The molecule has 182 valence electrons. The second-order valence-corrected chi connectivity index (χ2v) is 10.1. The van der Waals surface area contributed by atoms with Gasteiger partial charge in [0.05, 0.1) is 35.0 Å². The molecule has 36 heavy (non-hydrogen) atoms. The largest absolute Gasteiger partial charge is 0.465 e. The summed E-state index contributed by atoms with van der Waals surface area (Å²) in [6.45, 7) is 0. The lowest BCUT2D eigenvalue weighted by Crippen LogP contribution is -2.04. The number of carbonyl (C=O) groups is 2. The summed E-state index contributed by atoms with van der Waals surface area (Å²) in [5, 5.41) is 0. The lowest BCUT2D eigenvalue weighted by molar-refractivity contribution is 0.0592. The van der Waals surface area contributed by atoms with Gasteiger partial charge in [0.2, 0.25) is 0 Å². The Balaban J connectivity index is 1.54. The monoisotopic (exact) mass is 606 g/mol. The van der Waals surface area contributed by atoms with Crippen LogP contribution >= 0.6 is 31.9 Å². The van der Waals surface area contributed by atoms with Crippen LogP contribution in [-0.4, -0.2) is 26.2 Å². The zero-order valence-electron chi connectivity index (χ0n) is 19.8. The quantitative estimate of drug-likeness (QED) is 0.157. The number of halogens is 2. The number of rotatable bonds is 7. The van der Waals surface area contributed by atoms with Crippen molar-refractivity contribution in [1.82, 2.24) is 0 Å². The molecule has 2 atom stereocenters. The smallest absolute Gasteiger partial charge is 0.338 e. The Morgan fingerprint density at radius 3 is 1.22 bits per heavy atom. The molecule has 0 N–H and O–H groups in total. The number of hydrogen-bond donors (Lipinski definition) is 0. The Bertz CT molecular complexity index is 1260. The molecule has 6 heteroatoms. The van der Waals surface area contributed by atoms with Gasteiger partial charge in [-0.05, 0) is 45.5 Å². The first-order valence-corrected chi connectivity index (χ1v) is 13.1. The fourth-order valence-corrected chi connectivity index (χ4v) is 5.30. The van der Waals surface area contributed by atoms with Gasteiger partial charge >= 0.3 is 11.9 Å². The number of ether oxygens (including phenoxy) is 2. The van der Waals surface area contributed by atoms with E-state index in [2.05, 4.69) is 56.1 Å². The molecule has 0 radical (unpaired) electrons. The van der Waals surface area contributed by atoms with Crippen molar-refractivity contribution in [2.45, 2.75) is 9.65 Å². The zero-order valence-corrected chi connectivity index (χ0v) is 23.0. The molecule has 0 bridgehead atoms. The molecule has 0 saturated carbocycles. The zero-order chi connectivity index (χ0) is 25.7. The van der Waals surface area contributed by atoms with Crippen LogP contribution in [0, 0.1) is 0 Å². The average Bonchev–Trinajstić information content (AvgIpc) is 2.95. The molecule has 0 fully saturated rings. The van der Waals surface area contributed by atoms with E-state index in [-0.39, 0.29) is 21.6 Å². The minimum absolute atomic E-state index is 0.00982. The Labute approximate surface area is 227 Å². The van der Waals surface area contributed by atoms with Crippen molar-refractivity contribution < 1.29 is 19.1 Å². The van der Waals surface area contributed by atoms with Crippen molar-refractivity contribution in [3.05, 3.63) is 119 Å². The van der Waals surface area contributed by atoms with E-state index in [0.29, 0.717) is 11.1 Å². The standard InChI is InChI=1S/C30H24Br2O4/c1-35-29(33)25-9-5-3-7-23(25)19-11-15-21(16-12-19)27(31)28(32)22-17-13-20(14-18-22)24-8-4-6-10-26(24)30(34)36-2/h3-18,27-28H,1-2H3/t27-,28-/m0/s1. The summed E-state index contributed by atoms with van der Waals surface area (Å²) < 4.78 is 9.85. The molecule has 0 spiro atoms. The normalized spacial score (nSPS) is 12.4. The third-order valence-corrected chi connectivity index (χ3v) is 8.83. The number of benzene rings is 4. The van der Waals surface area contributed by atoms with Crippen LogP contribution in [0.15, 0.2) is 97.1 Å². The Morgan fingerprint density at radius 2 is 0.889 bits per heavy atom. The molecular weight excluding hydrogens is 584 g/mol. The van der Waals surface area contributed by atoms with Gasteiger partial charge in [0, 0.05) is 0 Å². The third kappa shape index (κ3) is 5.45. The van der Waals surface area contributed by atoms with Crippen LogP contribution in [0.5, 0.6) is 0 Å². The van der Waals surface area contributed by atoms with Gasteiger partial charge in [0.25, 0.3) is 0 Å². The van der Waals surface area contributed by atoms with Crippen LogP contribution in [0.25, 0.3) is 22.3 Å². The first kappa shape index (κ1) is 25.9. The fraction of sp³-hybridized carbons (Fsp3) is 0.133. The second-order valence-electron chi connectivity index (χ2n) is 8.12. The van der Waals surface area contributed by atoms with Gasteiger partial charge < -0.3 is 9.47 Å². The second kappa shape index (κ2) is 11.7. The maximum atomic E-state index is 12.2. The molecule has 4 aromatic rings. The molecule has 0 aliphatic carbocycles. The maximum absolute atomic E-state index is 12.2. The summed E-state index contributed by atoms with van der Waals surface area (Å²) in [4.78, 5) is 24.3. The van der Waals surface area contributed by atoms with Gasteiger partial charge in [-0.3, -0.25) is 0 Å². The summed E-state index contributed by atoms with van der Waals surface area (Å²) in [6, 6.07) is 31.1. The SMILES string of the molecule is COC(=O)c1ccccc1-c1ccc([C@H](Br)[C@@H](Br)c2ccc(-c3ccccc3C(=O)OC)cc2)cc1. The third-order valence-electron chi connectivity index (χ3n) is 6.00. The number of esters is 2. The van der Waals surface area contributed by atoms with Crippen molar-refractivity contribution in [3.63, 3.8) is 0 Å². The van der Waals surface area contributed by atoms with Crippen LogP contribution in [0.1, 0.15) is 41.5 Å². The van der Waals surface area contributed by atoms with E-state index in [1.165, 1.54) is 14.2 Å². The number of carbonyl (C=O) groups excluding carboxylic acids is 2. The molecule has 0 heterocycles. The molecule has 0 aliphatic rings. The van der Waals surface area contributed by atoms with Gasteiger partial charge in [-0.1, -0.05) is 117 Å². The summed E-state index contributed by atoms with van der Waals surface area (Å²) >= 11 is 7.68. The lowest BCUT2D eigenvalue weighted by atomic mass is 9.95. The van der Waals surface area contributed by atoms with Crippen LogP contribution < -0.4 is 0 Å². The molecule has 4 rings (SSSR count). The highest BCUT2D eigenvalue weighted by Gasteiger charge is 2.21. The van der Waals surface area contributed by atoms with E-state index < -0.39 is 0 Å². The highest BCUT2D eigenvalue weighted by Crippen LogP contribution is 2.43. The highest BCUT2D eigenvalue weighted by atomic mass is 79.9. The van der Waals surface area contributed by atoms with E-state index in [4.69, 9.17) is 9.47 Å². The van der Waals surface area contributed by atoms with Crippen molar-refractivity contribution in [2.75, 3.05) is 14.2 Å². The van der Waals surface area contributed by atoms with Gasteiger partial charge in [-0.15, -0.1) is 0 Å². The highest BCUT2D eigenvalue weighted by molar-refractivity contribution is 9.12. The van der Waals surface area contributed by atoms with Crippen molar-refractivity contribution >= 4 is 43.8 Å². The lowest BCUT2D eigenvalue weighted by Gasteiger charge is -2.19. The van der Waals surface area contributed by atoms with E-state index >= 15 is 0 Å². The fourth-order valence-electron chi connectivity index (χ4n) is 4.08. The number of alkyl halides is 2. The number of hydrogen-bond acceptors (Lipinski definition) is 4. The van der Waals surface area contributed by atoms with Crippen LogP contribution in [0.4, 0.5) is 0 Å². The molecule has 0 aromatic heterocycles. The van der Waals surface area contributed by atoms with E-state index in [0.717, 1.165) is 33.4 Å². The van der Waals surface area contributed by atoms with Crippen molar-refractivity contribution in [2.24, 2.45) is 0 Å². The van der Waals surface area contributed by atoms with Gasteiger partial charge in [-0.2, -0.15) is 0 Å². The first-order valence-electron chi connectivity index (χ1n) is 11.3.